The van der Waals surface area contributed by atoms with E-state index in [1.54, 1.807) is 0 Å². The van der Waals surface area contributed by atoms with Gasteiger partial charge in [0.25, 0.3) is 0 Å². The van der Waals surface area contributed by atoms with Crippen molar-refractivity contribution in [1.82, 2.24) is 0 Å². The van der Waals surface area contributed by atoms with Crippen molar-refractivity contribution >= 4 is 11.3 Å². The van der Waals surface area contributed by atoms with Crippen LogP contribution in [0.15, 0.2) is 36.4 Å². The van der Waals surface area contributed by atoms with Crippen LogP contribution in [-0.4, -0.2) is 0 Å². The van der Waals surface area contributed by atoms with Gasteiger partial charge in [-0.25, -0.2) is 0 Å². The number of thiophene rings is 1. The maximum atomic E-state index is 2.28. The molecule has 2 aromatic rings. The van der Waals surface area contributed by atoms with Crippen LogP contribution < -0.4 is 0 Å². The lowest BCUT2D eigenvalue weighted by molar-refractivity contribution is 0.804. The van der Waals surface area contributed by atoms with E-state index in [2.05, 4.69) is 50.2 Å². The fourth-order valence-corrected chi connectivity index (χ4v) is 3.00. The first-order valence-electron chi connectivity index (χ1n) is 5.96. The molecular formula is C15H18S. The van der Waals surface area contributed by atoms with Crippen molar-refractivity contribution in [3.8, 4) is 10.4 Å². The van der Waals surface area contributed by atoms with Crippen molar-refractivity contribution < 1.29 is 0 Å². The summed E-state index contributed by atoms with van der Waals surface area (Å²) in [6.45, 7) is 4.43. The number of hydrogen-bond acceptors (Lipinski definition) is 1. The largest absolute Gasteiger partial charge is 0.140 e. The molecule has 0 N–H and O–H groups in total. The summed E-state index contributed by atoms with van der Waals surface area (Å²) >= 11 is 1.94. The molecule has 0 radical (unpaired) electrons. The van der Waals surface area contributed by atoms with Gasteiger partial charge in [0.1, 0.15) is 0 Å². The summed E-state index contributed by atoms with van der Waals surface area (Å²) in [5.74, 6) is 0. The highest BCUT2D eigenvalue weighted by molar-refractivity contribution is 7.15. The maximum absolute atomic E-state index is 2.28. The molecule has 0 saturated heterocycles. The van der Waals surface area contributed by atoms with Crippen molar-refractivity contribution in [2.75, 3.05) is 0 Å². The molecule has 1 heteroatoms. The Bertz CT molecular complexity index is 454. The van der Waals surface area contributed by atoms with Crippen LogP contribution in [0, 0.1) is 6.92 Å². The van der Waals surface area contributed by atoms with Gasteiger partial charge in [0.05, 0.1) is 0 Å². The fraction of sp³-hybridized carbons (Fsp3) is 0.333. The number of benzene rings is 1. The molecule has 0 unspecified atom stereocenters. The molecule has 1 heterocycles. The van der Waals surface area contributed by atoms with Crippen molar-refractivity contribution in [2.45, 2.75) is 33.1 Å². The molecule has 0 aliphatic carbocycles. The third kappa shape index (κ3) is 2.53. The Hall–Kier alpha value is -1.08. The summed E-state index contributed by atoms with van der Waals surface area (Å²) < 4.78 is 0. The number of unbranched alkanes of at least 4 members (excludes halogenated alkanes) is 1. The number of aryl methyl sites for hydroxylation is 2. The monoisotopic (exact) mass is 230 g/mol. The Kier molecular flexibility index (Phi) is 3.79. The first-order valence-corrected chi connectivity index (χ1v) is 6.77. The maximum Gasteiger partial charge on any atom is 0.0348 e. The summed E-state index contributed by atoms with van der Waals surface area (Å²) in [4.78, 5) is 2.92. The van der Waals surface area contributed by atoms with E-state index in [1.165, 1.54) is 40.1 Å². The van der Waals surface area contributed by atoms with Gasteiger partial charge in [0.2, 0.25) is 0 Å². The van der Waals surface area contributed by atoms with Gasteiger partial charge >= 0.3 is 0 Å². The zero-order valence-corrected chi connectivity index (χ0v) is 10.8. The topological polar surface area (TPSA) is 0 Å². The minimum atomic E-state index is 1.23. The predicted octanol–water partition coefficient (Wildman–Crippen LogP) is 5.07. The first-order chi connectivity index (χ1) is 7.81. The van der Waals surface area contributed by atoms with Gasteiger partial charge in [-0.1, -0.05) is 37.6 Å². The highest BCUT2D eigenvalue weighted by Crippen LogP contribution is 2.30. The lowest BCUT2D eigenvalue weighted by Gasteiger charge is -2.01. The quantitative estimate of drug-likeness (QED) is 0.688. The predicted molar refractivity (Wildman–Crippen MR) is 73.1 cm³/mol. The average Bonchev–Trinajstić information content (AvgIpc) is 2.75. The lowest BCUT2D eigenvalue weighted by atomic mass is 10.1. The van der Waals surface area contributed by atoms with Gasteiger partial charge in [-0.3, -0.25) is 0 Å². The summed E-state index contributed by atoms with van der Waals surface area (Å²) in [6.07, 6.45) is 3.80. The Labute approximate surface area is 102 Å². The Morgan fingerprint density at radius 1 is 1.06 bits per heavy atom. The fourth-order valence-electron chi connectivity index (χ4n) is 1.86. The molecule has 0 nitrogen and oxygen atoms in total. The highest BCUT2D eigenvalue weighted by Gasteiger charge is 2.04. The van der Waals surface area contributed by atoms with Crippen molar-refractivity contribution in [2.24, 2.45) is 0 Å². The summed E-state index contributed by atoms with van der Waals surface area (Å²) in [7, 11) is 0. The van der Waals surface area contributed by atoms with Crippen molar-refractivity contribution in [1.29, 1.82) is 0 Å². The van der Waals surface area contributed by atoms with E-state index in [1.807, 2.05) is 11.3 Å². The second-order valence-electron chi connectivity index (χ2n) is 4.18. The summed E-state index contributed by atoms with van der Waals surface area (Å²) in [6, 6.07) is 13.2. The van der Waals surface area contributed by atoms with Gasteiger partial charge < -0.3 is 0 Å². The number of hydrogen-bond donors (Lipinski definition) is 0. The Balaban J connectivity index is 2.22. The molecule has 0 aliphatic rings. The SMILES string of the molecule is CCCCc1ccc(-c2ccccc2C)s1. The molecule has 1 aromatic heterocycles. The van der Waals surface area contributed by atoms with Crippen LogP contribution in [0.3, 0.4) is 0 Å². The standard InChI is InChI=1S/C15H18S/c1-3-4-8-13-10-11-15(16-13)14-9-6-5-7-12(14)2/h5-7,9-11H,3-4,8H2,1-2H3. The molecule has 0 fully saturated rings. The van der Waals surface area contributed by atoms with E-state index in [0.29, 0.717) is 0 Å². The molecule has 0 bridgehead atoms. The van der Waals surface area contributed by atoms with Crippen LogP contribution in [-0.2, 0) is 6.42 Å². The van der Waals surface area contributed by atoms with Crippen LogP contribution in [0.25, 0.3) is 10.4 Å². The van der Waals surface area contributed by atoms with Crippen LogP contribution in [0.4, 0.5) is 0 Å². The van der Waals surface area contributed by atoms with E-state index >= 15 is 0 Å². The molecule has 0 spiro atoms. The van der Waals surface area contributed by atoms with Crippen LogP contribution >= 0.6 is 11.3 Å². The van der Waals surface area contributed by atoms with Gasteiger partial charge in [0, 0.05) is 9.75 Å². The molecule has 84 valence electrons. The molecular weight excluding hydrogens is 212 g/mol. The zero-order chi connectivity index (χ0) is 11.4. The molecule has 2 rings (SSSR count). The van der Waals surface area contributed by atoms with Gasteiger partial charge in [-0.05, 0) is 43.0 Å². The molecule has 1 aromatic carbocycles. The molecule has 16 heavy (non-hydrogen) atoms. The van der Waals surface area contributed by atoms with Crippen LogP contribution in [0.1, 0.15) is 30.2 Å². The molecule has 0 atom stereocenters. The van der Waals surface area contributed by atoms with Gasteiger partial charge in [-0.2, -0.15) is 0 Å². The van der Waals surface area contributed by atoms with E-state index in [0.717, 1.165) is 0 Å². The van der Waals surface area contributed by atoms with E-state index in [-0.39, 0.29) is 0 Å². The minimum Gasteiger partial charge on any atom is -0.140 e. The minimum absolute atomic E-state index is 1.23. The van der Waals surface area contributed by atoms with Crippen LogP contribution in [0.2, 0.25) is 0 Å². The molecule has 0 saturated carbocycles. The normalized spacial score (nSPS) is 10.6. The highest BCUT2D eigenvalue weighted by atomic mass is 32.1. The van der Waals surface area contributed by atoms with Gasteiger partial charge in [0.15, 0.2) is 0 Å². The first kappa shape index (κ1) is 11.4. The van der Waals surface area contributed by atoms with Crippen molar-refractivity contribution in [3.63, 3.8) is 0 Å². The Morgan fingerprint density at radius 2 is 1.88 bits per heavy atom. The lowest BCUT2D eigenvalue weighted by Crippen LogP contribution is -1.78. The molecule has 0 amide bonds. The smallest absolute Gasteiger partial charge is 0.0348 e. The van der Waals surface area contributed by atoms with Crippen LogP contribution in [0.5, 0.6) is 0 Å². The number of rotatable bonds is 4. The average molecular weight is 230 g/mol. The van der Waals surface area contributed by atoms with Crippen molar-refractivity contribution in [3.05, 3.63) is 46.8 Å². The van der Waals surface area contributed by atoms with E-state index in [9.17, 15) is 0 Å². The third-order valence-electron chi connectivity index (χ3n) is 2.85. The summed E-state index contributed by atoms with van der Waals surface area (Å²) in [5, 5.41) is 0. The Morgan fingerprint density at radius 3 is 2.62 bits per heavy atom. The summed E-state index contributed by atoms with van der Waals surface area (Å²) in [5.41, 5.74) is 2.75. The van der Waals surface area contributed by atoms with E-state index in [4.69, 9.17) is 0 Å². The zero-order valence-electron chi connectivity index (χ0n) is 9.99. The van der Waals surface area contributed by atoms with Gasteiger partial charge in [-0.15, -0.1) is 11.3 Å². The second-order valence-corrected chi connectivity index (χ2v) is 5.35. The molecule has 0 aliphatic heterocycles. The third-order valence-corrected chi connectivity index (χ3v) is 4.03. The second kappa shape index (κ2) is 5.31. The van der Waals surface area contributed by atoms with E-state index < -0.39 is 0 Å².